The average Bonchev–Trinajstić information content (AvgIpc) is 2.30. The van der Waals surface area contributed by atoms with Crippen LogP contribution in [0.15, 0.2) is 18.3 Å². The van der Waals surface area contributed by atoms with Gasteiger partial charge in [-0.25, -0.2) is 12.1 Å². The van der Waals surface area contributed by atoms with E-state index in [1.807, 2.05) is 12.1 Å². The zero-order valence-corrected chi connectivity index (χ0v) is 14.2. The molecule has 1 aromatic heterocycles. The number of rotatable bonds is 1. The molecule has 0 spiro atoms. The number of carbonyl (C=O) groups is 2. The minimum absolute atomic E-state index is 0. The molecule has 2 heterocycles. The van der Waals surface area contributed by atoms with Crippen molar-refractivity contribution in [3.05, 3.63) is 36.5 Å². The molecule has 1 aliphatic heterocycles. The maximum absolute atomic E-state index is 10.3. The predicted octanol–water partition coefficient (Wildman–Crippen LogP) is -1.36. The number of aromatic nitrogens is 1. The Morgan fingerprint density at radius 2 is 2.17 bits per heavy atom. The van der Waals surface area contributed by atoms with Gasteiger partial charge in [-0.2, -0.15) is 12.5 Å². The molecule has 0 aromatic carbocycles. The van der Waals surface area contributed by atoms with Gasteiger partial charge in [0, 0.05) is 6.42 Å². The maximum Gasteiger partial charge on any atom is 1.00 e. The Kier molecular flexibility index (Phi) is 9.58. The van der Waals surface area contributed by atoms with Crippen LogP contribution in [-0.4, -0.2) is 16.8 Å². The van der Waals surface area contributed by atoms with E-state index in [1.54, 1.807) is 6.20 Å². The van der Waals surface area contributed by atoms with E-state index in [1.165, 1.54) is 6.42 Å². The number of pyridine rings is 1. The number of amides is 2. The number of hydrogen-bond donors (Lipinski definition) is 1. The van der Waals surface area contributed by atoms with Crippen molar-refractivity contribution in [2.75, 3.05) is 0 Å². The van der Waals surface area contributed by atoms with Crippen LogP contribution in [0.1, 0.15) is 38.3 Å². The molecule has 18 heavy (non-hydrogen) atoms. The summed E-state index contributed by atoms with van der Waals surface area (Å²) in [5.41, 5.74) is 1.13. The summed E-state index contributed by atoms with van der Waals surface area (Å²) in [6.07, 6.45) is 4.22. The summed E-state index contributed by atoms with van der Waals surface area (Å²) in [7, 11) is 0. The second-order valence-electron chi connectivity index (χ2n) is 3.99. The summed E-state index contributed by atoms with van der Waals surface area (Å²) in [6, 6.07) is 6.76. The van der Waals surface area contributed by atoms with E-state index in [-0.39, 0.29) is 63.2 Å². The van der Waals surface area contributed by atoms with Crippen LogP contribution in [0.5, 0.6) is 0 Å². The number of nitrogens with zero attached hydrogens (tertiary/aromatic N) is 1. The van der Waals surface area contributed by atoms with Crippen LogP contribution in [-0.2, 0) is 9.59 Å². The van der Waals surface area contributed by atoms with Crippen molar-refractivity contribution in [2.45, 2.75) is 32.6 Å². The second-order valence-corrected chi connectivity index (χ2v) is 3.99. The van der Waals surface area contributed by atoms with Gasteiger partial charge in [0.25, 0.3) is 0 Å². The molecule has 1 saturated heterocycles. The van der Waals surface area contributed by atoms with Crippen LogP contribution >= 0.6 is 0 Å². The Morgan fingerprint density at radius 3 is 2.50 bits per heavy atom. The van der Waals surface area contributed by atoms with Gasteiger partial charge in [-0.15, -0.1) is 0 Å². The summed E-state index contributed by atoms with van der Waals surface area (Å²) < 4.78 is 0. The van der Waals surface area contributed by atoms with Crippen LogP contribution in [0.3, 0.4) is 0 Å². The van der Waals surface area contributed by atoms with Gasteiger partial charge in [0.2, 0.25) is 5.91 Å². The smallest absolute Gasteiger partial charge is 0.322 e. The minimum Gasteiger partial charge on any atom is -0.322 e. The Labute approximate surface area is 150 Å². The first-order chi connectivity index (χ1) is 8.09. The van der Waals surface area contributed by atoms with Crippen LogP contribution in [0.25, 0.3) is 0 Å². The maximum atomic E-state index is 10.3. The van der Waals surface area contributed by atoms with Crippen molar-refractivity contribution in [2.24, 2.45) is 0 Å². The third-order valence-electron chi connectivity index (χ3n) is 2.19. The zero-order valence-electron chi connectivity index (χ0n) is 11.1. The third kappa shape index (κ3) is 7.28. The molecule has 92 valence electrons. The molecule has 2 amide bonds. The molecule has 0 unspecified atom stereocenters. The fraction of sp³-hybridized carbons (Fsp3) is 0.385. The van der Waals surface area contributed by atoms with Gasteiger partial charge >= 0.3 is 51.4 Å². The molecule has 1 aromatic rings. The van der Waals surface area contributed by atoms with Crippen molar-refractivity contribution >= 4 is 11.8 Å². The Morgan fingerprint density at radius 1 is 1.44 bits per heavy atom. The first kappa shape index (κ1) is 17.8. The predicted molar refractivity (Wildman–Crippen MR) is 63.8 cm³/mol. The molecular weight excluding hydrogens is 255 g/mol. The van der Waals surface area contributed by atoms with Gasteiger partial charge < -0.3 is 21.5 Å². The van der Waals surface area contributed by atoms with Crippen LogP contribution in [0.4, 0.5) is 0 Å². The van der Waals surface area contributed by atoms with E-state index in [9.17, 15) is 9.59 Å². The molecule has 1 fully saturated rings. The standard InChI is InChI=1S/C8H10N.C5H6NO2.K/c1-7(2)8-5-3-4-6-9-8;7-4-2-1-3-5(8)6-4;/h3,5-7H,1-2H3;2H,1,3H2,(H,6,7,8);/q2*-1;+1. The summed E-state index contributed by atoms with van der Waals surface area (Å²) in [5, 5.41) is 2.15. The Hall–Kier alpha value is -0.204. The molecule has 1 N–H and O–H groups in total. The number of imide groups is 1. The fourth-order valence-electron chi connectivity index (χ4n) is 1.26. The van der Waals surface area contributed by atoms with Crippen molar-refractivity contribution in [1.29, 1.82) is 0 Å². The molecule has 5 heteroatoms. The van der Waals surface area contributed by atoms with E-state index in [0.717, 1.165) is 5.69 Å². The quantitative estimate of drug-likeness (QED) is 0.390. The fourth-order valence-corrected chi connectivity index (χ4v) is 1.26. The van der Waals surface area contributed by atoms with Gasteiger partial charge in [0.05, 0.1) is 5.91 Å². The third-order valence-corrected chi connectivity index (χ3v) is 2.19. The normalized spacial score (nSPS) is 13.7. The second kappa shape index (κ2) is 9.69. The van der Waals surface area contributed by atoms with Gasteiger partial charge in [-0.05, 0) is 11.6 Å². The van der Waals surface area contributed by atoms with Crippen LogP contribution < -0.4 is 56.7 Å². The van der Waals surface area contributed by atoms with E-state index in [2.05, 4.69) is 30.2 Å². The zero-order chi connectivity index (χ0) is 12.7. The first-order valence-electron chi connectivity index (χ1n) is 5.58. The number of hydrogen-bond acceptors (Lipinski definition) is 3. The SMILES string of the molecule is CC(C)c1cc[c-]cn1.O=C1[CH-]CCC(=O)N1.[K+]. The summed E-state index contributed by atoms with van der Waals surface area (Å²) >= 11 is 0. The monoisotopic (exact) mass is 271 g/mol. The van der Waals surface area contributed by atoms with Gasteiger partial charge in [0.1, 0.15) is 0 Å². The first-order valence-corrected chi connectivity index (χ1v) is 5.58. The summed E-state index contributed by atoms with van der Waals surface area (Å²) in [6.45, 7) is 4.25. The molecule has 0 aliphatic carbocycles. The Balaban J connectivity index is 0.000000306. The topological polar surface area (TPSA) is 59.1 Å². The molecule has 1 aliphatic rings. The van der Waals surface area contributed by atoms with Crippen molar-refractivity contribution in [3.8, 4) is 0 Å². The van der Waals surface area contributed by atoms with E-state index >= 15 is 0 Å². The largest absolute Gasteiger partial charge is 1.00 e. The summed E-state index contributed by atoms with van der Waals surface area (Å²) in [5.74, 6) is 0.0957. The van der Waals surface area contributed by atoms with E-state index in [0.29, 0.717) is 18.8 Å². The van der Waals surface area contributed by atoms with E-state index < -0.39 is 0 Å². The van der Waals surface area contributed by atoms with Gasteiger partial charge in [-0.1, -0.05) is 20.0 Å². The van der Waals surface area contributed by atoms with Crippen molar-refractivity contribution < 1.29 is 61.0 Å². The van der Waals surface area contributed by atoms with Crippen LogP contribution in [0.2, 0.25) is 0 Å². The average molecular weight is 271 g/mol. The number of piperidine rings is 1. The molecule has 2 rings (SSSR count). The molecule has 4 nitrogen and oxygen atoms in total. The molecule has 0 radical (unpaired) electrons. The van der Waals surface area contributed by atoms with Gasteiger partial charge in [-0.3, -0.25) is 4.79 Å². The summed E-state index contributed by atoms with van der Waals surface area (Å²) in [4.78, 5) is 24.7. The molecular formula is C13H16KN2O2-. The van der Waals surface area contributed by atoms with Crippen molar-refractivity contribution in [3.63, 3.8) is 0 Å². The van der Waals surface area contributed by atoms with Gasteiger partial charge in [0.15, 0.2) is 0 Å². The van der Waals surface area contributed by atoms with Crippen molar-refractivity contribution in [1.82, 2.24) is 10.3 Å². The molecule has 0 atom stereocenters. The molecule has 0 saturated carbocycles. The Bertz CT molecular complexity index is 366. The minimum atomic E-state index is -0.263. The number of carbonyl (C=O) groups excluding carboxylic acids is 2. The number of nitrogens with one attached hydrogen (secondary N) is 1. The molecule has 0 bridgehead atoms. The van der Waals surface area contributed by atoms with E-state index in [4.69, 9.17) is 0 Å². The van der Waals surface area contributed by atoms with Crippen LogP contribution in [0, 0.1) is 12.5 Å².